The van der Waals surface area contributed by atoms with Crippen molar-refractivity contribution in [2.45, 2.75) is 50.5 Å². The molecule has 1 aromatic carbocycles. The first-order chi connectivity index (χ1) is 15.3. The average Bonchev–Trinajstić information content (AvgIpc) is 3.18. The smallest absolute Gasteiger partial charge is 0.327 e. The van der Waals surface area contributed by atoms with Crippen molar-refractivity contribution in [1.29, 1.82) is 0 Å². The van der Waals surface area contributed by atoms with Gasteiger partial charge in [-0.05, 0) is 60.4 Å². The predicted molar refractivity (Wildman–Crippen MR) is 113 cm³/mol. The first kappa shape index (κ1) is 21.0. The molecule has 8 heteroatoms. The Morgan fingerprint density at radius 3 is 2.72 bits per heavy atom. The minimum Gasteiger partial charge on any atom is -0.327 e. The fraction of sp³-hybridized carbons (Fsp3) is 0.375. The predicted octanol–water partition coefficient (Wildman–Crippen LogP) is 5.04. The van der Waals surface area contributed by atoms with Gasteiger partial charge < -0.3 is 5.73 Å². The molecule has 0 bridgehead atoms. The molecule has 3 unspecified atom stereocenters. The number of alkyl halides is 4. The van der Waals surface area contributed by atoms with Crippen LogP contribution in [0.1, 0.15) is 47.3 Å². The van der Waals surface area contributed by atoms with Crippen LogP contribution < -0.4 is 5.73 Å². The van der Waals surface area contributed by atoms with Crippen molar-refractivity contribution in [2.24, 2.45) is 11.7 Å². The van der Waals surface area contributed by atoms with Crippen LogP contribution in [0.5, 0.6) is 0 Å². The highest BCUT2D eigenvalue weighted by molar-refractivity contribution is 5.96. The first-order valence-electron chi connectivity index (χ1n) is 10.7. The van der Waals surface area contributed by atoms with Crippen molar-refractivity contribution in [1.82, 2.24) is 15.0 Å². The van der Waals surface area contributed by atoms with Crippen LogP contribution in [0.4, 0.5) is 17.6 Å². The van der Waals surface area contributed by atoms with Gasteiger partial charge in [0.15, 0.2) is 0 Å². The second-order valence-corrected chi connectivity index (χ2v) is 8.64. The minimum atomic E-state index is -4.38. The van der Waals surface area contributed by atoms with Gasteiger partial charge in [0.2, 0.25) is 0 Å². The summed E-state index contributed by atoms with van der Waals surface area (Å²) in [6, 6.07) is 3.75. The summed E-state index contributed by atoms with van der Waals surface area (Å²) in [5.74, 6) is 0.569. The maximum absolute atomic E-state index is 13.9. The van der Waals surface area contributed by atoms with Crippen LogP contribution in [-0.4, -0.2) is 27.2 Å². The summed E-state index contributed by atoms with van der Waals surface area (Å²) in [6.07, 6.45) is 4.19. The molecule has 2 aromatic heterocycles. The summed E-state index contributed by atoms with van der Waals surface area (Å²) < 4.78 is 53.2. The van der Waals surface area contributed by atoms with E-state index in [1.165, 1.54) is 12.1 Å². The van der Waals surface area contributed by atoms with Gasteiger partial charge in [0.05, 0.1) is 11.1 Å². The summed E-state index contributed by atoms with van der Waals surface area (Å²) in [7, 11) is 0. The number of hydrogen-bond donors (Lipinski definition) is 1. The molecule has 5 rings (SSSR count). The van der Waals surface area contributed by atoms with E-state index in [1.807, 2.05) is 6.08 Å². The van der Waals surface area contributed by atoms with E-state index in [0.717, 1.165) is 28.2 Å². The van der Waals surface area contributed by atoms with Gasteiger partial charge in [-0.3, -0.25) is 4.98 Å². The Bertz CT molecular complexity index is 1200. The molecule has 4 nitrogen and oxygen atoms in total. The lowest BCUT2D eigenvalue weighted by Crippen LogP contribution is -2.38. The van der Waals surface area contributed by atoms with Crippen LogP contribution in [0.2, 0.25) is 0 Å². The second kappa shape index (κ2) is 7.92. The van der Waals surface area contributed by atoms with Crippen molar-refractivity contribution in [3.8, 4) is 0 Å². The van der Waals surface area contributed by atoms with Gasteiger partial charge in [-0.25, -0.2) is 14.4 Å². The Kier molecular flexibility index (Phi) is 5.20. The highest BCUT2D eigenvalue weighted by Gasteiger charge is 2.32. The molecule has 0 spiro atoms. The molecule has 2 heterocycles. The number of fused-ring (bicyclic) bond motifs is 2. The Balaban J connectivity index is 1.50. The van der Waals surface area contributed by atoms with Gasteiger partial charge >= 0.3 is 6.18 Å². The number of nitrogens with zero attached hydrogens (tertiary/aromatic N) is 3. The zero-order valence-corrected chi connectivity index (χ0v) is 17.2. The normalized spacial score (nSPS) is 23.3. The second-order valence-electron chi connectivity index (χ2n) is 8.64. The number of allylic oxidation sites excluding steroid dienone is 1. The molecule has 3 atom stereocenters. The number of halogens is 4. The van der Waals surface area contributed by atoms with Gasteiger partial charge in [0.25, 0.3) is 0 Å². The number of nitrogens with two attached hydrogens (primary N) is 1. The molecule has 166 valence electrons. The van der Waals surface area contributed by atoms with Crippen molar-refractivity contribution >= 4 is 16.5 Å². The molecule has 0 amide bonds. The number of pyridine rings is 1. The minimum absolute atomic E-state index is 0.0197. The molecular formula is C24H22F4N4. The Morgan fingerprint density at radius 2 is 1.91 bits per heavy atom. The number of aromatic nitrogens is 3. The standard InChI is InChI=1S/C24H22F4N4/c25-17-3-6-21(29)14(8-17)9-22-31-11-15-10-30-12-20(23(15)32-22)19-4-1-13-7-16(24(26,27)28)2-5-18(13)19/h2,4-5,7,10-12,14,17,21H,1,3,6,8-9,29H2. The van der Waals surface area contributed by atoms with E-state index >= 15 is 0 Å². The summed E-state index contributed by atoms with van der Waals surface area (Å²) in [6.45, 7) is 0. The van der Waals surface area contributed by atoms with E-state index in [1.54, 1.807) is 18.6 Å². The topological polar surface area (TPSA) is 64.7 Å². The fourth-order valence-corrected chi connectivity index (χ4v) is 4.76. The zero-order valence-electron chi connectivity index (χ0n) is 17.2. The van der Waals surface area contributed by atoms with E-state index in [-0.39, 0.29) is 12.0 Å². The van der Waals surface area contributed by atoms with E-state index < -0.39 is 17.9 Å². The summed E-state index contributed by atoms with van der Waals surface area (Å²) in [5, 5.41) is 0.740. The Hall–Kier alpha value is -2.87. The van der Waals surface area contributed by atoms with Crippen LogP contribution in [0.3, 0.4) is 0 Å². The van der Waals surface area contributed by atoms with Crippen LogP contribution in [0.25, 0.3) is 16.5 Å². The maximum atomic E-state index is 13.9. The maximum Gasteiger partial charge on any atom is 0.416 e. The van der Waals surface area contributed by atoms with Gasteiger partial charge in [-0.15, -0.1) is 0 Å². The van der Waals surface area contributed by atoms with Crippen molar-refractivity contribution in [3.05, 3.63) is 70.9 Å². The zero-order chi connectivity index (χ0) is 22.5. The molecule has 3 aromatic rings. The lowest BCUT2D eigenvalue weighted by atomic mass is 9.82. The Morgan fingerprint density at radius 1 is 1.06 bits per heavy atom. The molecule has 0 radical (unpaired) electrons. The van der Waals surface area contributed by atoms with Gasteiger partial charge in [-0.1, -0.05) is 12.1 Å². The van der Waals surface area contributed by atoms with Gasteiger partial charge in [0.1, 0.15) is 12.0 Å². The van der Waals surface area contributed by atoms with E-state index in [0.29, 0.717) is 49.0 Å². The van der Waals surface area contributed by atoms with Crippen molar-refractivity contribution < 1.29 is 17.6 Å². The SMILES string of the molecule is NC1CCC(F)CC1Cc1ncc2cncc(C3=CCc4cc(C(F)(F)F)ccc43)c2n1. The van der Waals surface area contributed by atoms with Crippen LogP contribution in [0.15, 0.2) is 42.9 Å². The molecule has 1 fully saturated rings. The fourth-order valence-electron chi connectivity index (χ4n) is 4.76. The van der Waals surface area contributed by atoms with Crippen LogP contribution in [-0.2, 0) is 19.0 Å². The molecule has 1 saturated carbocycles. The number of rotatable bonds is 3. The van der Waals surface area contributed by atoms with E-state index in [4.69, 9.17) is 10.7 Å². The molecular weight excluding hydrogens is 420 g/mol. The molecule has 2 aliphatic rings. The largest absolute Gasteiger partial charge is 0.416 e. The lowest BCUT2D eigenvalue weighted by Gasteiger charge is -2.30. The first-order valence-corrected chi connectivity index (χ1v) is 10.7. The quantitative estimate of drug-likeness (QED) is 0.578. The third kappa shape index (κ3) is 3.88. The number of benzene rings is 1. The monoisotopic (exact) mass is 442 g/mol. The van der Waals surface area contributed by atoms with Gasteiger partial charge in [-0.2, -0.15) is 13.2 Å². The van der Waals surface area contributed by atoms with Crippen LogP contribution >= 0.6 is 0 Å². The lowest BCUT2D eigenvalue weighted by molar-refractivity contribution is -0.137. The highest BCUT2D eigenvalue weighted by atomic mass is 19.4. The highest BCUT2D eigenvalue weighted by Crippen LogP contribution is 2.38. The third-order valence-corrected chi connectivity index (χ3v) is 6.50. The van der Waals surface area contributed by atoms with Crippen molar-refractivity contribution in [3.63, 3.8) is 0 Å². The molecule has 0 aliphatic heterocycles. The molecule has 2 N–H and O–H groups in total. The van der Waals surface area contributed by atoms with E-state index in [2.05, 4.69) is 9.97 Å². The van der Waals surface area contributed by atoms with Gasteiger partial charge in [0, 0.05) is 42.0 Å². The van der Waals surface area contributed by atoms with Crippen molar-refractivity contribution in [2.75, 3.05) is 0 Å². The number of hydrogen-bond acceptors (Lipinski definition) is 4. The summed E-state index contributed by atoms with van der Waals surface area (Å²) >= 11 is 0. The van der Waals surface area contributed by atoms with E-state index in [9.17, 15) is 17.6 Å². The van der Waals surface area contributed by atoms with Crippen LogP contribution in [0, 0.1) is 5.92 Å². The molecule has 2 aliphatic carbocycles. The molecule has 32 heavy (non-hydrogen) atoms. The summed E-state index contributed by atoms with van der Waals surface area (Å²) in [4.78, 5) is 13.5. The third-order valence-electron chi connectivity index (χ3n) is 6.50. The summed E-state index contributed by atoms with van der Waals surface area (Å²) in [5.41, 5.74) is 9.18. The Labute approximate surface area is 182 Å². The molecule has 0 saturated heterocycles. The average molecular weight is 442 g/mol.